The minimum Gasteiger partial charge on any atom is -0.239 e. The molecule has 4 heteroatoms. The first-order valence-electron chi connectivity index (χ1n) is 6.63. The fraction of sp³-hybridized carbons (Fsp3) is 0.467. The summed E-state index contributed by atoms with van der Waals surface area (Å²) >= 11 is 0. The van der Waals surface area contributed by atoms with Crippen molar-refractivity contribution in [2.75, 3.05) is 0 Å². The average Bonchev–Trinajstić information content (AvgIpc) is 2.91. The normalized spacial score (nSPS) is 22.5. The molecule has 19 heavy (non-hydrogen) atoms. The van der Waals surface area contributed by atoms with Gasteiger partial charge in [-0.15, -0.1) is 0 Å². The van der Waals surface area contributed by atoms with E-state index in [1.165, 1.54) is 0 Å². The molecule has 0 fully saturated rings. The number of benzene rings is 1. The molecule has 0 N–H and O–H groups in total. The molecule has 0 saturated heterocycles. The Morgan fingerprint density at radius 3 is 2.53 bits per heavy atom. The molecule has 1 aromatic heterocycles. The first-order valence-corrected chi connectivity index (χ1v) is 6.63. The highest BCUT2D eigenvalue weighted by Gasteiger charge is 2.36. The maximum absolute atomic E-state index is 14.1. The van der Waals surface area contributed by atoms with E-state index in [0.717, 1.165) is 5.56 Å². The average molecular weight is 259 g/mol. The second-order valence-electron chi connectivity index (χ2n) is 6.12. The number of rotatable bonds is 1. The molecule has 1 aliphatic heterocycles. The van der Waals surface area contributed by atoms with Gasteiger partial charge < -0.3 is 0 Å². The molecule has 3 rings (SSSR count). The number of hydrogen-bond acceptors (Lipinski definition) is 2. The van der Waals surface area contributed by atoms with Gasteiger partial charge in [-0.1, -0.05) is 51.1 Å². The third kappa shape index (κ3) is 2.05. The van der Waals surface area contributed by atoms with Crippen molar-refractivity contribution in [1.82, 2.24) is 14.8 Å². The maximum atomic E-state index is 14.1. The third-order valence-electron chi connectivity index (χ3n) is 3.52. The zero-order valence-electron chi connectivity index (χ0n) is 11.5. The summed E-state index contributed by atoms with van der Waals surface area (Å²) < 4.78 is 15.9. The molecule has 0 bridgehead atoms. The van der Waals surface area contributed by atoms with E-state index in [-0.39, 0.29) is 11.5 Å². The Labute approximate surface area is 112 Å². The summed E-state index contributed by atoms with van der Waals surface area (Å²) in [5.74, 6) is 1.18. The van der Waals surface area contributed by atoms with Crippen LogP contribution in [0.1, 0.15) is 56.6 Å². The SMILES string of the molecule is CC(C)(C)c1nc2n(n1)C(c1ccccc1)CC2F. The zero-order chi connectivity index (χ0) is 13.6. The van der Waals surface area contributed by atoms with Crippen molar-refractivity contribution in [2.24, 2.45) is 0 Å². The Hall–Kier alpha value is -1.71. The molecule has 2 aromatic rings. The molecule has 0 saturated carbocycles. The Morgan fingerprint density at radius 2 is 1.89 bits per heavy atom. The van der Waals surface area contributed by atoms with E-state index in [4.69, 9.17) is 0 Å². The summed E-state index contributed by atoms with van der Waals surface area (Å²) in [6.07, 6.45) is -0.585. The van der Waals surface area contributed by atoms with E-state index < -0.39 is 6.17 Å². The van der Waals surface area contributed by atoms with E-state index in [0.29, 0.717) is 18.1 Å². The second kappa shape index (κ2) is 4.15. The lowest BCUT2D eigenvalue weighted by Crippen LogP contribution is -2.16. The third-order valence-corrected chi connectivity index (χ3v) is 3.52. The van der Waals surface area contributed by atoms with Gasteiger partial charge in [0.05, 0.1) is 6.04 Å². The lowest BCUT2D eigenvalue weighted by molar-refractivity contribution is 0.326. The van der Waals surface area contributed by atoms with Crippen molar-refractivity contribution in [3.8, 4) is 0 Å². The fourth-order valence-electron chi connectivity index (χ4n) is 2.45. The van der Waals surface area contributed by atoms with Crippen molar-refractivity contribution in [2.45, 2.75) is 44.8 Å². The van der Waals surface area contributed by atoms with Gasteiger partial charge in [0, 0.05) is 11.8 Å². The van der Waals surface area contributed by atoms with E-state index in [1.54, 1.807) is 4.68 Å². The summed E-state index contributed by atoms with van der Waals surface area (Å²) in [6, 6.07) is 9.92. The van der Waals surface area contributed by atoms with Crippen LogP contribution in [0.3, 0.4) is 0 Å². The van der Waals surface area contributed by atoms with Crippen LogP contribution in [0.25, 0.3) is 0 Å². The van der Waals surface area contributed by atoms with Gasteiger partial charge in [-0.2, -0.15) is 5.10 Å². The highest BCUT2D eigenvalue weighted by Crippen LogP contribution is 2.40. The largest absolute Gasteiger partial charge is 0.239 e. The molecule has 1 aliphatic rings. The van der Waals surface area contributed by atoms with Gasteiger partial charge in [-0.05, 0) is 5.56 Å². The van der Waals surface area contributed by atoms with E-state index in [9.17, 15) is 4.39 Å². The first-order chi connectivity index (χ1) is 8.97. The Kier molecular flexibility index (Phi) is 2.69. The van der Waals surface area contributed by atoms with Gasteiger partial charge in [-0.3, -0.25) is 0 Å². The van der Waals surface area contributed by atoms with Gasteiger partial charge in [0.25, 0.3) is 0 Å². The number of fused-ring (bicyclic) bond motifs is 1. The summed E-state index contributed by atoms with van der Waals surface area (Å²) in [4.78, 5) is 4.40. The molecular weight excluding hydrogens is 241 g/mol. The van der Waals surface area contributed by atoms with Gasteiger partial charge >= 0.3 is 0 Å². The van der Waals surface area contributed by atoms with Gasteiger partial charge in [0.15, 0.2) is 17.8 Å². The van der Waals surface area contributed by atoms with Crippen LogP contribution in [-0.4, -0.2) is 14.8 Å². The Bertz CT molecular complexity index is 583. The van der Waals surface area contributed by atoms with Crippen molar-refractivity contribution in [3.05, 3.63) is 47.5 Å². The standard InChI is InChI=1S/C15H18FN3/c1-15(2,3)14-17-13-11(16)9-12(19(13)18-14)10-7-5-4-6-8-10/h4-8,11-12H,9H2,1-3H3. The zero-order valence-corrected chi connectivity index (χ0v) is 11.5. The molecular formula is C15H18FN3. The minimum absolute atomic E-state index is 0.0326. The lowest BCUT2D eigenvalue weighted by Gasteiger charge is -2.15. The molecule has 2 unspecified atom stereocenters. The molecule has 3 nitrogen and oxygen atoms in total. The lowest BCUT2D eigenvalue weighted by atomic mass is 9.96. The van der Waals surface area contributed by atoms with Crippen LogP contribution in [0, 0.1) is 0 Å². The van der Waals surface area contributed by atoms with E-state index in [1.807, 2.05) is 51.1 Å². The quantitative estimate of drug-likeness (QED) is 0.783. The topological polar surface area (TPSA) is 30.7 Å². The van der Waals surface area contributed by atoms with Crippen molar-refractivity contribution >= 4 is 0 Å². The minimum atomic E-state index is -1.02. The smallest absolute Gasteiger partial charge is 0.162 e. The monoisotopic (exact) mass is 259 g/mol. The van der Waals surface area contributed by atoms with E-state index >= 15 is 0 Å². The molecule has 0 radical (unpaired) electrons. The fourth-order valence-corrected chi connectivity index (χ4v) is 2.45. The second-order valence-corrected chi connectivity index (χ2v) is 6.12. The Balaban J connectivity index is 2.04. The highest BCUT2D eigenvalue weighted by molar-refractivity contribution is 5.24. The number of nitrogens with zero attached hydrogens (tertiary/aromatic N) is 3. The van der Waals surface area contributed by atoms with Gasteiger partial charge in [0.2, 0.25) is 0 Å². The molecule has 100 valence electrons. The molecule has 2 atom stereocenters. The van der Waals surface area contributed by atoms with Crippen LogP contribution in [-0.2, 0) is 5.41 Å². The summed E-state index contributed by atoms with van der Waals surface area (Å²) in [5.41, 5.74) is 0.937. The van der Waals surface area contributed by atoms with Crippen LogP contribution < -0.4 is 0 Å². The van der Waals surface area contributed by atoms with Crippen LogP contribution >= 0.6 is 0 Å². The number of halogens is 1. The summed E-state index contributed by atoms with van der Waals surface area (Å²) in [5, 5.41) is 4.54. The van der Waals surface area contributed by atoms with Crippen molar-refractivity contribution in [1.29, 1.82) is 0 Å². The number of hydrogen-bond donors (Lipinski definition) is 0. The van der Waals surface area contributed by atoms with Crippen LogP contribution in [0.15, 0.2) is 30.3 Å². The van der Waals surface area contributed by atoms with Crippen LogP contribution in [0.2, 0.25) is 0 Å². The van der Waals surface area contributed by atoms with Crippen molar-refractivity contribution in [3.63, 3.8) is 0 Å². The van der Waals surface area contributed by atoms with Gasteiger partial charge in [0.1, 0.15) is 0 Å². The molecule has 0 amide bonds. The Morgan fingerprint density at radius 1 is 1.21 bits per heavy atom. The predicted octanol–water partition coefficient (Wildman–Crippen LogP) is 3.58. The van der Waals surface area contributed by atoms with Crippen LogP contribution in [0.4, 0.5) is 4.39 Å². The predicted molar refractivity (Wildman–Crippen MR) is 71.8 cm³/mol. The maximum Gasteiger partial charge on any atom is 0.162 e. The summed E-state index contributed by atoms with van der Waals surface area (Å²) in [7, 11) is 0. The molecule has 1 aromatic carbocycles. The van der Waals surface area contributed by atoms with Crippen LogP contribution in [0.5, 0.6) is 0 Å². The molecule has 0 aliphatic carbocycles. The first kappa shape index (κ1) is 12.3. The number of alkyl halides is 1. The number of aromatic nitrogens is 3. The molecule has 2 heterocycles. The van der Waals surface area contributed by atoms with Gasteiger partial charge in [-0.25, -0.2) is 14.1 Å². The summed E-state index contributed by atoms with van der Waals surface area (Å²) in [6.45, 7) is 6.13. The highest BCUT2D eigenvalue weighted by atomic mass is 19.1. The molecule has 0 spiro atoms. The van der Waals surface area contributed by atoms with Crippen molar-refractivity contribution < 1.29 is 4.39 Å². The van der Waals surface area contributed by atoms with E-state index in [2.05, 4.69) is 10.1 Å².